The van der Waals surface area contributed by atoms with Gasteiger partial charge >= 0.3 is 0 Å². The Balaban J connectivity index is 0.000000308. The molecule has 0 N–H and O–H groups in total. The van der Waals surface area contributed by atoms with E-state index in [-0.39, 0.29) is 5.56 Å². The van der Waals surface area contributed by atoms with E-state index < -0.39 is 0 Å². The van der Waals surface area contributed by atoms with Gasteiger partial charge in [0.15, 0.2) is 0 Å². The van der Waals surface area contributed by atoms with Crippen molar-refractivity contribution in [3.63, 3.8) is 0 Å². The summed E-state index contributed by atoms with van der Waals surface area (Å²) in [5.74, 6) is 0. The van der Waals surface area contributed by atoms with Crippen LogP contribution in [0.3, 0.4) is 0 Å². The molecule has 0 aliphatic heterocycles. The second-order valence-corrected chi connectivity index (χ2v) is 7.82. The molecule has 0 bridgehead atoms. The molecule has 0 saturated carbocycles. The standard InChI is InChI=1S/C15H12N2O.C11H10.C3H8.C2H6.C2H4/c1-11-4-2-6-13(10-11)17-14(18)8-7-12-5-3-9-16-15(12)17;1-9-6-7-10-4-2-3-5-11(10)8-9;1-3-2;2*1-2/h2-10H,1H3;2-8H,1H3;3H2,1-2H3;1-2H3;1-2H2. The van der Waals surface area contributed by atoms with Crippen molar-refractivity contribution >= 4 is 21.8 Å². The third-order valence-corrected chi connectivity index (χ3v) is 4.82. The molecule has 5 rings (SSSR count). The van der Waals surface area contributed by atoms with Crippen molar-refractivity contribution in [2.45, 2.75) is 48.0 Å². The summed E-state index contributed by atoms with van der Waals surface area (Å²) >= 11 is 0. The Kier molecular flexibility index (Phi) is 13.9. The van der Waals surface area contributed by atoms with Crippen molar-refractivity contribution < 1.29 is 0 Å². The van der Waals surface area contributed by atoms with Gasteiger partial charge in [0.05, 0.1) is 5.69 Å². The first-order chi connectivity index (χ1) is 17.5. The van der Waals surface area contributed by atoms with Gasteiger partial charge in [0.1, 0.15) is 5.65 Å². The molecule has 0 fully saturated rings. The van der Waals surface area contributed by atoms with Gasteiger partial charge in [-0.05, 0) is 60.5 Å². The molecule has 2 aromatic heterocycles. The molecule has 0 aliphatic rings. The van der Waals surface area contributed by atoms with E-state index in [4.69, 9.17) is 0 Å². The molecule has 0 amide bonds. The van der Waals surface area contributed by atoms with E-state index in [9.17, 15) is 4.79 Å². The van der Waals surface area contributed by atoms with Crippen molar-refractivity contribution in [1.29, 1.82) is 0 Å². The number of hydrogen-bond acceptors (Lipinski definition) is 2. The fourth-order valence-corrected chi connectivity index (χ4v) is 3.39. The van der Waals surface area contributed by atoms with Crippen LogP contribution in [0.5, 0.6) is 0 Å². The number of fused-ring (bicyclic) bond motifs is 2. The summed E-state index contributed by atoms with van der Waals surface area (Å²) in [5.41, 5.74) is 3.92. The summed E-state index contributed by atoms with van der Waals surface area (Å²) in [4.78, 5) is 16.4. The predicted octanol–water partition coefficient (Wildman–Crippen LogP) is 9.09. The Bertz CT molecular complexity index is 1390. The van der Waals surface area contributed by atoms with E-state index in [0.717, 1.165) is 16.6 Å². The predicted molar refractivity (Wildman–Crippen MR) is 159 cm³/mol. The fraction of sp³-hybridized carbons (Fsp3) is 0.212. The zero-order chi connectivity index (χ0) is 26.9. The van der Waals surface area contributed by atoms with Crippen LogP contribution in [0.1, 0.15) is 45.2 Å². The average Bonchev–Trinajstić information content (AvgIpc) is 2.92. The molecule has 0 unspecified atom stereocenters. The zero-order valence-corrected chi connectivity index (χ0v) is 22.7. The fourth-order valence-electron chi connectivity index (χ4n) is 3.39. The maximum Gasteiger partial charge on any atom is 0.256 e. The van der Waals surface area contributed by atoms with Gasteiger partial charge in [0.2, 0.25) is 0 Å². The molecule has 0 atom stereocenters. The first-order valence-corrected chi connectivity index (χ1v) is 12.5. The van der Waals surface area contributed by atoms with Crippen molar-refractivity contribution in [2.75, 3.05) is 0 Å². The highest BCUT2D eigenvalue weighted by Gasteiger charge is 2.05. The van der Waals surface area contributed by atoms with Crippen LogP contribution >= 0.6 is 0 Å². The van der Waals surface area contributed by atoms with Gasteiger partial charge < -0.3 is 0 Å². The number of pyridine rings is 2. The molecule has 3 heteroatoms. The second kappa shape index (κ2) is 16.6. The lowest BCUT2D eigenvalue weighted by atomic mass is 10.1. The molecular formula is C33H40N2O. The molecule has 3 nitrogen and oxygen atoms in total. The van der Waals surface area contributed by atoms with E-state index in [2.05, 4.69) is 81.4 Å². The Hall–Kier alpha value is -3.98. The van der Waals surface area contributed by atoms with E-state index in [1.165, 1.54) is 22.8 Å². The quantitative estimate of drug-likeness (QED) is 0.224. The van der Waals surface area contributed by atoms with Gasteiger partial charge in [-0.25, -0.2) is 4.98 Å². The summed E-state index contributed by atoms with van der Waals surface area (Å²) in [6.45, 7) is 18.4. The molecule has 2 heterocycles. The van der Waals surface area contributed by atoms with Crippen LogP contribution in [0.4, 0.5) is 0 Å². The highest BCUT2D eigenvalue weighted by molar-refractivity contribution is 5.82. The van der Waals surface area contributed by atoms with Gasteiger partial charge in [0.25, 0.3) is 5.56 Å². The van der Waals surface area contributed by atoms with Crippen LogP contribution in [0.2, 0.25) is 0 Å². The molecule has 3 aromatic carbocycles. The minimum atomic E-state index is -0.0631. The molecule has 5 aromatic rings. The number of nitrogens with zero attached hydrogens (tertiary/aromatic N) is 2. The van der Waals surface area contributed by atoms with Gasteiger partial charge in [-0.2, -0.15) is 0 Å². The second-order valence-electron chi connectivity index (χ2n) is 7.82. The summed E-state index contributed by atoms with van der Waals surface area (Å²) in [6, 6.07) is 30.0. The summed E-state index contributed by atoms with van der Waals surface area (Å²) in [7, 11) is 0. The smallest absolute Gasteiger partial charge is 0.256 e. The van der Waals surface area contributed by atoms with E-state index >= 15 is 0 Å². The molecule has 0 saturated heterocycles. The van der Waals surface area contributed by atoms with Crippen LogP contribution in [0, 0.1) is 13.8 Å². The lowest BCUT2D eigenvalue weighted by molar-refractivity contribution is 1.01. The van der Waals surface area contributed by atoms with Crippen LogP contribution in [0.15, 0.2) is 115 Å². The van der Waals surface area contributed by atoms with Crippen molar-refractivity contribution in [1.82, 2.24) is 9.55 Å². The molecule has 36 heavy (non-hydrogen) atoms. The van der Waals surface area contributed by atoms with Gasteiger partial charge in [-0.3, -0.25) is 9.36 Å². The lowest BCUT2D eigenvalue weighted by Crippen LogP contribution is -2.18. The average molecular weight is 481 g/mol. The lowest BCUT2D eigenvalue weighted by Gasteiger charge is -2.09. The van der Waals surface area contributed by atoms with Crippen molar-refractivity contribution in [2.24, 2.45) is 0 Å². The van der Waals surface area contributed by atoms with Gasteiger partial charge in [0, 0.05) is 17.6 Å². The van der Waals surface area contributed by atoms with Crippen LogP contribution < -0.4 is 5.56 Å². The molecule has 188 valence electrons. The first kappa shape index (κ1) is 30.1. The number of rotatable bonds is 1. The zero-order valence-electron chi connectivity index (χ0n) is 22.7. The monoisotopic (exact) mass is 480 g/mol. The Labute approximate surface area is 216 Å². The summed E-state index contributed by atoms with van der Waals surface area (Å²) in [5, 5.41) is 3.60. The van der Waals surface area contributed by atoms with Crippen LogP contribution in [0.25, 0.3) is 27.5 Å². The third-order valence-electron chi connectivity index (χ3n) is 4.82. The minimum Gasteiger partial charge on any atom is -0.269 e. The number of aromatic nitrogens is 2. The minimum absolute atomic E-state index is 0.0631. The normalized spacial score (nSPS) is 9.28. The molecule has 0 spiro atoms. The molecular weight excluding hydrogens is 440 g/mol. The largest absolute Gasteiger partial charge is 0.269 e. The Morgan fingerprint density at radius 1 is 0.694 bits per heavy atom. The highest BCUT2D eigenvalue weighted by Crippen LogP contribution is 2.15. The number of aryl methyl sites for hydroxylation is 2. The van der Waals surface area contributed by atoms with Gasteiger partial charge in [-0.15, -0.1) is 13.2 Å². The van der Waals surface area contributed by atoms with Crippen molar-refractivity contribution in [3.05, 3.63) is 132 Å². The van der Waals surface area contributed by atoms with Gasteiger partial charge in [-0.1, -0.05) is 94.3 Å². The number of hydrogen-bond donors (Lipinski definition) is 0. The highest BCUT2D eigenvalue weighted by atomic mass is 16.1. The van der Waals surface area contributed by atoms with Crippen LogP contribution in [-0.4, -0.2) is 9.55 Å². The SMILES string of the molecule is C=C.CC.CCC.Cc1ccc2ccccc2c1.Cc1cccc(-n2c(=O)ccc3cccnc32)c1. The topological polar surface area (TPSA) is 34.9 Å². The molecule has 0 radical (unpaired) electrons. The molecule has 0 aliphatic carbocycles. The Morgan fingerprint density at radius 2 is 1.28 bits per heavy atom. The van der Waals surface area contributed by atoms with Crippen molar-refractivity contribution in [3.8, 4) is 5.69 Å². The summed E-state index contributed by atoms with van der Waals surface area (Å²) in [6.07, 6.45) is 2.95. The third kappa shape index (κ3) is 8.66. The van der Waals surface area contributed by atoms with E-state index in [1.807, 2.05) is 57.2 Å². The van der Waals surface area contributed by atoms with Crippen LogP contribution in [-0.2, 0) is 0 Å². The van der Waals surface area contributed by atoms with E-state index in [0.29, 0.717) is 5.65 Å². The maximum absolute atomic E-state index is 12.1. The first-order valence-electron chi connectivity index (χ1n) is 12.5. The number of benzene rings is 3. The summed E-state index contributed by atoms with van der Waals surface area (Å²) < 4.78 is 1.64. The Morgan fingerprint density at radius 3 is 1.94 bits per heavy atom. The van der Waals surface area contributed by atoms with E-state index in [1.54, 1.807) is 22.9 Å². The maximum atomic E-state index is 12.1.